The topological polar surface area (TPSA) is 66.1 Å². The highest BCUT2D eigenvalue weighted by Crippen LogP contribution is 2.38. The first-order valence-electron chi connectivity index (χ1n) is 8.36. The van der Waals surface area contributed by atoms with Crippen molar-refractivity contribution in [1.29, 1.82) is 0 Å². The summed E-state index contributed by atoms with van der Waals surface area (Å²) in [5.74, 6) is 1.25. The van der Waals surface area contributed by atoms with E-state index in [-0.39, 0.29) is 17.0 Å². The van der Waals surface area contributed by atoms with Gasteiger partial charge in [0, 0.05) is 12.6 Å². The van der Waals surface area contributed by atoms with Crippen LogP contribution < -0.4 is 5.56 Å². The molecule has 120 valence electrons. The van der Waals surface area contributed by atoms with Gasteiger partial charge in [-0.3, -0.25) is 9.59 Å². The molecule has 2 heterocycles. The quantitative estimate of drug-likeness (QED) is 0.866. The van der Waals surface area contributed by atoms with E-state index >= 15 is 0 Å². The molecule has 0 unspecified atom stereocenters. The average Bonchev–Trinajstić information content (AvgIpc) is 2.50. The Kier molecular flexibility index (Phi) is 4.06. The van der Waals surface area contributed by atoms with Gasteiger partial charge in [-0.15, -0.1) is 0 Å². The number of amides is 1. The summed E-state index contributed by atoms with van der Waals surface area (Å²) in [5, 5.41) is 6.40. The number of fused-ring (bicyclic) bond motifs is 1. The number of carbonyl (C=O) groups excluding carboxylic acids is 1. The first kappa shape index (κ1) is 15.3. The lowest BCUT2D eigenvalue weighted by atomic mass is 9.74. The number of nitrogens with one attached hydrogen (secondary N) is 1. The first-order chi connectivity index (χ1) is 10.5. The molecule has 1 aliphatic carbocycles. The lowest BCUT2D eigenvalue weighted by Crippen LogP contribution is -2.51. The number of aryl methyl sites for hydroxylation is 1. The van der Waals surface area contributed by atoms with Crippen molar-refractivity contribution in [2.24, 2.45) is 11.8 Å². The lowest BCUT2D eigenvalue weighted by Gasteiger charge is -2.45. The van der Waals surface area contributed by atoms with Gasteiger partial charge in [-0.1, -0.05) is 6.92 Å². The van der Waals surface area contributed by atoms with Gasteiger partial charge in [-0.2, -0.15) is 5.10 Å². The SMILES string of the molecule is Cc1n[nH]c(=O)c(C(=O)N2CCC[C@@H]3C[C@H](C)CC[C@@H]32)c1C. The molecule has 0 radical (unpaired) electrons. The third-order valence-corrected chi connectivity index (χ3v) is 5.52. The van der Waals surface area contributed by atoms with Gasteiger partial charge in [-0.05, 0) is 63.4 Å². The fourth-order valence-electron chi connectivity index (χ4n) is 4.17. The van der Waals surface area contributed by atoms with Crippen LogP contribution in [0.5, 0.6) is 0 Å². The van der Waals surface area contributed by atoms with E-state index in [1.165, 1.54) is 19.3 Å². The standard InChI is InChI=1S/C17H25N3O2/c1-10-6-7-14-13(9-10)5-4-8-20(14)17(22)15-11(2)12(3)18-19-16(15)21/h10,13-14H,4-9H2,1-3H3,(H,19,21)/t10-,13-,14+/m1/s1. The van der Waals surface area contributed by atoms with Crippen molar-refractivity contribution in [2.45, 2.75) is 58.9 Å². The summed E-state index contributed by atoms with van der Waals surface area (Å²) in [6.45, 7) is 6.71. The van der Waals surface area contributed by atoms with E-state index in [4.69, 9.17) is 0 Å². The highest BCUT2D eigenvalue weighted by atomic mass is 16.2. The number of piperidine rings is 1. The second-order valence-electron chi connectivity index (χ2n) is 7.02. The van der Waals surface area contributed by atoms with Crippen LogP contribution in [0.15, 0.2) is 4.79 Å². The van der Waals surface area contributed by atoms with E-state index in [1.54, 1.807) is 0 Å². The van der Waals surface area contributed by atoms with Crippen LogP contribution >= 0.6 is 0 Å². The molecular formula is C17H25N3O2. The van der Waals surface area contributed by atoms with E-state index < -0.39 is 0 Å². The normalized spacial score (nSPS) is 28.3. The van der Waals surface area contributed by atoms with E-state index in [0.29, 0.717) is 23.2 Å². The Morgan fingerprint density at radius 2 is 2.05 bits per heavy atom. The summed E-state index contributed by atoms with van der Waals surface area (Å²) in [7, 11) is 0. The maximum absolute atomic E-state index is 13.0. The molecule has 22 heavy (non-hydrogen) atoms. The van der Waals surface area contributed by atoms with Crippen LogP contribution in [-0.4, -0.2) is 33.6 Å². The Labute approximate surface area is 131 Å². The number of rotatable bonds is 1. The maximum Gasteiger partial charge on any atom is 0.277 e. The van der Waals surface area contributed by atoms with E-state index in [9.17, 15) is 9.59 Å². The minimum atomic E-state index is -0.362. The number of aromatic amines is 1. The highest BCUT2D eigenvalue weighted by molar-refractivity contribution is 5.95. The second kappa shape index (κ2) is 5.86. The molecule has 3 atom stereocenters. The molecule has 1 saturated carbocycles. The molecule has 2 aliphatic rings. The first-order valence-corrected chi connectivity index (χ1v) is 8.36. The predicted octanol–water partition coefficient (Wildman–Crippen LogP) is 2.43. The van der Waals surface area contributed by atoms with Crippen LogP contribution in [0.2, 0.25) is 0 Å². The van der Waals surface area contributed by atoms with Gasteiger partial charge in [0.1, 0.15) is 5.56 Å². The van der Waals surface area contributed by atoms with E-state index in [0.717, 1.165) is 25.3 Å². The predicted molar refractivity (Wildman–Crippen MR) is 84.9 cm³/mol. The summed E-state index contributed by atoms with van der Waals surface area (Å²) in [5.41, 5.74) is 1.35. The van der Waals surface area contributed by atoms with Crippen LogP contribution in [0, 0.1) is 25.7 Å². The number of aromatic nitrogens is 2. The largest absolute Gasteiger partial charge is 0.335 e. The van der Waals surface area contributed by atoms with Gasteiger partial charge in [0.05, 0.1) is 5.69 Å². The van der Waals surface area contributed by atoms with Gasteiger partial charge >= 0.3 is 0 Å². The van der Waals surface area contributed by atoms with Gasteiger partial charge in [0.15, 0.2) is 0 Å². The van der Waals surface area contributed by atoms with Crippen molar-refractivity contribution >= 4 is 5.91 Å². The molecule has 0 aromatic carbocycles. The molecule has 3 rings (SSSR count). The van der Waals surface area contributed by atoms with Gasteiger partial charge in [0.25, 0.3) is 11.5 Å². The van der Waals surface area contributed by atoms with E-state index in [1.807, 2.05) is 18.7 Å². The van der Waals surface area contributed by atoms with Gasteiger partial charge < -0.3 is 4.90 Å². The van der Waals surface area contributed by atoms with Crippen LogP contribution in [0.1, 0.15) is 60.6 Å². The number of hydrogen-bond acceptors (Lipinski definition) is 3. The van der Waals surface area contributed by atoms with Crippen LogP contribution in [0.4, 0.5) is 0 Å². The third kappa shape index (κ3) is 2.57. The monoisotopic (exact) mass is 303 g/mol. The molecule has 1 aromatic rings. The molecule has 1 amide bonds. The number of hydrogen-bond donors (Lipinski definition) is 1. The number of likely N-dealkylation sites (tertiary alicyclic amines) is 1. The van der Waals surface area contributed by atoms with Crippen LogP contribution in [0.25, 0.3) is 0 Å². The number of carbonyl (C=O) groups is 1. The molecule has 1 aliphatic heterocycles. The molecule has 5 heteroatoms. The summed E-state index contributed by atoms with van der Waals surface area (Å²) in [6.07, 6.45) is 5.71. The molecule has 1 N–H and O–H groups in total. The molecule has 0 bridgehead atoms. The number of H-pyrrole nitrogens is 1. The van der Waals surface area contributed by atoms with Crippen molar-refractivity contribution in [3.8, 4) is 0 Å². The molecular weight excluding hydrogens is 278 g/mol. The summed E-state index contributed by atoms with van der Waals surface area (Å²) in [4.78, 5) is 27.1. The maximum atomic E-state index is 13.0. The van der Waals surface area contributed by atoms with Crippen molar-refractivity contribution in [3.05, 3.63) is 27.2 Å². The zero-order chi connectivity index (χ0) is 15.9. The summed E-state index contributed by atoms with van der Waals surface area (Å²) < 4.78 is 0. The fraction of sp³-hybridized carbons (Fsp3) is 0.706. The summed E-state index contributed by atoms with van der Waals surface area (Å²) in [6, 6.07) is 0.310. The van der Waals surface area contributed by atoms with Crippen LogP contribution in [0.3, 0.4) is 0 Å². The molecule has 1 aromatic heterocycles. The Morgan fingerprint density at radius 1 is 1.27 bits per heavy atom. The average molecular weight is 303 g/mol. The van der Waals surface area contributed by atoms with Crippen molar-refractivity contribution in [2.75, 3.05) is 6.54 Å². The lowest BCUT2D eigenvalue weighted by molar-refractivity contribution is 0.0319. The minimum Gasteiger partial charge on any atom is -0.335 e. The van der Waals surface area contributed by atoms with Gasteiger partial charge in [-0.25, -0.2) is 5.10 Å². The smallest absolute Gasteiger partial charge is 0.277 e. The molecule has 5 nitrogen and oxygen atoms in total. The van der Waals surface area contributed by atoms with E-state index in [2.05, 4.69) is 17.1 Å². The zero-order valence-corrected chi connectivity index (χ0v) is 13.7. The zero-order valence-electron chi connectivity index (χ0n) is 13.7. The Hall–Kier alpha value is -1.65. The van der Waals surface area contributed by atoms with Crippen molar-refractivity contribution in [1.82, 2.24) is 15.1 Å². The minimum absolute atomic E-state index is 0.103. The van der Waals surface area contributed by atoms with Gasteiger partial charge in [0.2, 0.25) is 0 Å². The van der Waals surface area contributed by atoms with Crippen molar-refractivity contribution in [3.63, 3.8) is 0 Å². The fourth-order valence-corrected chi connectivity index (χ4v) is 4.17. The third-order valence-electron chi connectivity index (χ3n) is 5.52. The Bertz CT molecular complexity index is 637. The molecule has 0 spiro atoms. The molecule has 1 saturated heterocycles. The van der Waals surface area contributed by atoms with Crippen molar-refractivity contribution < 1.29 is 4.79 Å². The number of nitrogens with zero attached hydrogens (tertiary/aromatic N) is 2. The highest BCUT2D eigenvalue weighted by Gasteiger charge is 2.38. The Balaban J connectivity index is 1.92. The second-order valence-corrected chi connectivity index (χ2v) is 7.02. The summed E-state index contributed by atoms with van der Waals surface area (Å²) >= 11 is 0. The Morgan fingerprint density at radius 3 is 2.82 bits per heavy atom. The molecule has 2 fully saturated rings. The van der Waals surface area contributed by atoms with Crippen LogP contribution in [-0.2, 0) is 0 Å².